The Balaban J connectivity index is 1.84. The minimum absolute atomic E-state index is 0.104. The number of hydrogen-bond acceptors (Lipinski definition) is 4. The van der Waals surface area contributed by atoms with Gasteiger partial charge in [0.1, 0.15) is 5.52 Å². The molecule has 0 atom stereocenters. The highest BCUT2D eigenvalue weighted by Crippen LogP contribution is 2.31. The van der Waals surface area contributed by atoms with Crippen LogP contribution >= 0.6 is 0 Å². The minimum atomic E-state index is -4.53. The number of fused-ring (bicyclic) bond motifs is 3. The molecule has 0 aliphatic carbocycles. The van der Waals surface area contributed by atoms with Crippen molar-refractivity contribution in [1.29, 1.82) is 0 Å². The van der Waals surface area contributed by atoms with Crippen molar-refractivity contribution in [3.63, 3.8) is 0 Å². The number of benzene rings is 1. The van der Waals surface area contributed by atoms with Gasteiger partial charge in [0.2, 0.25) is 0 Å². The van der Waals surface area contributed by atoms with Crippen LogP contribution in [-0.2, 0) is 6.18 Å². The van der Waals surface area contributed by atoms with Crippen LogP contribution in [0.3, 0.4) is 0 Å². The first-order valence-electron chi connectivity index (χ1n) is 9.73. The van der Waals surface area contributed by atoms with Gasteiger partial charge in [-0.3, -0.25) is 19.3 Å². The Kier molecular flexibility index (Phi) is 4.51. The number of hydrogen-bond donors (Lipinski definition) is 0. The molecule has 0 radical (unpaired) electrons. The topological polar surface area (TPSA) is 60.7 Å². The molecule has 8 heteroatoms. The van der Waals surface area contributed by atoms with Crippen molar-refractivity contribution in [3.05, 3.63) is 94.7 Å². The van der Waals surface area contributed by atoms with E-state index in [-0.39, 0.29) is 5.69 Å². The average molecular weight is 432 g/mol. The Bertz CT molecular complexity index is 1540. The molecule has 0 saturated carbocycles. The number of halogens is 3. The largest absolute Gasteiger partial charge is 0.416 e. The fraction of sp³-hybridized carbons (Fsp3) is 0.0833. The fourth-order valence-electron chi connectivity index (χ4n) is 3.63. The molecule has 1 aromatic carbocycles. The van der Waals surface area contributed by atoms with Gasteiger partial charge in [-0.1, -0.05) is 6.07 Å². The van der Waals surface area contributed by atoms with Gasteiger partial charge in [-0.25, -0.2) is 4.98 Å². The van der Waals surface area contributed by atoms with E-state index in [2.05, 4.69) is 9.97 Å². The second kappa shape index (κ2) is 7.26. The molecule has 4 aromatic heterocycles. The van der Waals surface area contributed by atoms with Crippen molar-refractivity contribution in [2.24, 2.45) is 0 Å². The third-order valence-corrected chi connectivity index (χ3v) is 5.20. The molecule has 32 heavy (non-hydrogen) atoms. The van der Waals surface area contributed by atoms with Gasteiger partial charge in [0, 0.05) is 40.8 Å². The highest BCUT2D eigenvalue weighted by Gasteiger charge is 2.30. The summed E-state index contributed by atoms with van der Waals surface area (Å²) in [5.74, 6) is 0. The van der Waals surface area contributed by atoms with Gasteiger partial charge in [-0.05, 0) is 55.5 Å². The van der Waals surface area contributed by atoms with Crippen molar-refractivity contribution < 1.29 is 13.2 Å². The van der Waals surface area contributed by atoms with E-state index in [0.29, 0.717) is 27.6 Å². The quantitative estimate of drug-likeness (QED) is 0.354. The van der Waals surface area contributed by atoms with E-state index < -0.39 is 17.3 Å². The monoisotopic (exact) mass is 432 g/mol. The Morgan fingerprint density at radius 2 is 1.75 bits per heavy atom. The molecular formula is C24H15F3N4O. The molecular weight excluding hydrogens is 417 g/mol. The molecule has 0 amide bonds. The maximum atomic E-state index is 13.3. The van der Waals surface area contributed by atoms with Crippen molar-refractivity contribution >= 4 is 21.9 Å². The molecule has 0 aliphatic rings. The molecule has 5 nitrogen and oxygen atoms in total. The highest BCUT2D eigenvalue weighted by atomic mass is 19.4. The Labute approximate surface area is 179 Å². The Morgan fingerprint density at radius 1 is 0.906 bits per heavy atom. The zero-order chi connectivity index (χ0) is 22.5. The predicted molar refractivity (Wildman–Crippen MR) is 116 cm³/mol. The summed E-state index contributed by atoms with van der Waals surface area (Å²) in [4.78, 5) is 26.3. The summed E-state index contributed by atoms with van der Waals surface area (Å²) in [7, 11) is 0. The Morgan fingerprint density at radius 3 is 2.50 bits per heavy atom. The lowest BCUT2D eigenvalue weighted by Gasteiger charge is -2.14. The smallest absolute Gasteiger partial charge is 0.275 e. The molecule has 5 aromatic rings. The molecule has 0 unspecified atom stereocenters. The van der Waals surface area contributed by atoms with Gasteiger partial charge in [0.25, 0.3) is 5.56 Å². The van der Waals surface area contributed by atoms with Crippen LogP contribution < -0.4 is 5.56 Å². The van der Waals surface area contributed by atoms with Crippen LogP contribution in [0.2, 0.25) is 0 Å². The van der Waals surface area contributed by atoms with Crippen molar-refractivity contribution in [2.45, 2.75) is 13.1 Å². The first-order chi connectivity index (χ1) is 15.3. The summed E-state index contributed by atoms with van der Waals surface area (Å²) in [6, 6.07) is 14.9. The first-order valence-corrected chi connectivity index (χ1v) is 9.73. The standard InChI is InChI=1S/C24H15F3N4O/c1-14-5-6-15(12-28-14)19-8-9-20-22(30-19)23-16(13-29-20)7-10-21(32)31(23)18-4-2-3-17(11-18)24(25,26)27/h2-13H,1H3. The van der Waals surface area contributed by atoms with Gasteiger partial charge >= 0.3 is 6.18 Å². The lowest BCUT2D eigenvalue weighted by atomic mass is 10.1. The van der Waals surface area contributed by atoms with Crippen LogP contribution in [0.1, 0.15) is 11.3 Å². The lowest BCUT2D eigenvalue weighted by Crippen LogP contribution is -2.18. The van der Waals surface area contributed by atoms with E-state index in [1.54, 1.807) is 30.6 Å². The fourth-order valence-corrected chi connectivity index (χ4v) is 3.63. The molecule has 0 saturated heterocycles. The van der Waals surface area contributed by atoms with Crippen LogP contribution in [0.5, 0.6) is 0 Å². The zero-order valence-corrected chi connectivity index (χ0v) is 16.8. The number of rotatable bonds is 2. The van der Waals surface area contributed by atoms with E-state index >= 15 is 0 Å². The number of aromatic nitrogens is 4. The van der Waals surface area contributed by atoms with Gasteiger partial charge in [0.05, 0.1) is 22.3 Å². The number of alkyl halides is 3. The molecule has 0 spiro atoms. The molecule has 4 heterocycles. The minimum Gasteiger partial charge on any atom is -0.275 e. The molecule has 0 N–H and O–H groups in total. The zero-order valence-electron chi connectivity index (χ0n) is 16.8. The van der Waals surface area contributed by atoms with Crippen LogP contribution in [0.4, 0.5) is 13.2 Å². The van der Waals surface area contributed by atoms with Crippen LogP contribution in [-0.4, -0.2) is 19.5 Å². The molecule has 0 bridgehead atoms. The summed E-state index contributed by atoms with van der Waals surface area (Å²) < 4.78 is 41.2. The van der Waals surface area contributed by atoms with Crippen molar-refractivity contribution in [2.75, 3.05) is 0 Å². The summed E-state index contributed by atoms with van der Waals surface area (Å²) in [5, 5.41) is 0.584. The van der Waals surface area contributed by atoms with E-state index in [0.717, 1.165) is 23.4 Å². The SMILES string of the molecule is Cc1ccc(-c2ccc3ncc4ccc(=O)n(-c5cccc(C(F)(F)F)c5)c4c3n2)cn1. The third-order valence-electron chi connectivity index (χ3n) is 5.20. The van der Waals surface area contributed by atoms with Gasteiger partial charge in [-0.2, -0.15) is 13.2 Å². The summed E-state index contributed by atoms with van der Waals surface area (Å²) in [5.41, 5.74) is 2.38. The number of pyridine rings is 4. The van der Waals surface area contributed by atoms with Gasteiger partial charge in [0.15, 0.2) is 0 Å². The molecule has 0 fully saturated rings. The Hall–Kier alpha value is -4.07. The number of aryl methyl sites for hydroxylation is 1. The van der Waals surface area contributed by atoms with E-state index in [9.17, 15) is 18.0 Å². The first kappa shape index (κ1) is 19.9. The molecule has 158 valence electrons. The average Bonchev–Trinajstić information content (AvgIpc) is 2.78. The van der Waals surface area contributed by atoms with Crippen LogP contribution in [0.15, 0.2) is 77.9 Å². The van der Waals surface area contributed by atoms with E-state index in [4.69, 9.17) is 4.98 Å². The summed E-state index contributed by atoms with van der Waals surface area (Å²) in [6.07, 6.45) is -1.25. The molecule has 0 aliphatic heterocycles. The second-order valence-electron chi connectivity index (χ2n) is 7.37. The van der Waals surface area contributed by atoms with Gasteiger partial charge < -0.3 is 0 Å². The van der Waals surface area contributed by atoms with Crippen LogP contribution in [0, 0.1) is 6.92 Å². The normalized spacial score (nSPS) is 11.9. The van der Waals surface area contributed by atoms with Crippen molar-refractivity contribution in [3.8, 4) is 16.9 Å². The highest BCUT2D eigenvalue weighted by molar-refractivity contribution is 6.02. The second-order valence-corrected chi connectivity index (χ2v) is 7.37. The predicted octanol–water partition coefficient (Wildman–Crippen LogP) is 5.32. The molecule has 5 rings (SSSR count). The summed E-state index contributed by atoms with van der Waals surface area (Å²) in [6.45, 7) is 1.88. The van der Waals surface area contributed by atoms with Crippen LogP contribution in [0.25, 0.3) is 38.9 Å². The van der Waals surface area contributed by atoms with Gasteiger partial charge in [-0.15, -0.1) is 0 Å². The van der Waals surface area contributed by atoms with E-state index in [1.807, 2.05) is 19.1 Å². The van der Waals surface area contributed by atoms with E-state index in [1.165, 1.54) is 22.8 Å². The number of nitrogens with zero attached hydrogens (tertiary/aromatic N) is 4. The third kappa shape index (κ3) is 3.39. The maximum Gasteiger partial charge on any atom is 0.416 e. The maximum absolute atomic E-state index is 13.3. The summed E-state index contributed by atoms with van der Waals surface area (Å²) >= 11 is 0. The lowest BCUT2D eigenvalue weighted by molar-refractivity contribution is -0.137. The van der Waals surface area contributed by atoms with Crippen molar-refractivity contribution in [1.82, 2.24) is 19.5 Å².